The molecule has 6 rings (SSSR count). The van der Waals surface area contributed by atoms with Crippen LogP contribution < -0.4 is 0 Å². The summed E-state index contributed by atoms with van der Waals surface area (Å²) in [7, 11) is 1.08. The van der Waals surface area contributed by atoms with Crippen LogP contribution >= 0.6 is 0 Å². The van der Waals surface area contributed by atoms with Crippen molar-refractivity contribution < 1.29 is 26.2 Å². The van der Waals surface area contributed by atoms with Crippen LogP contribution in [0.1, 0.15) is 36.1 Å². The van der Waals surface area contributed by atoms with Crippen LogP contribution in [0.15, 0.2) is 83.9 Å². The Morgan fingerprint density at radius 3 is 1.25 bits per heavy atom. The molecular formula is C30H28SiZr. The summed E-state index contributed by atoms with van der Waals surface area (Å²) < 4.78 is 0. The zero-order valence-electron chi connectivity index (χ0n) is 19.3. The number of benzene rings is 4. The third-order valence-corrected chi connectivity index (χ3v) is 5.55. The number of fused-ring (bicyclic) bond motifs is 4. The van der Waals surface area contributed by atoms with E-state index in [0.717, 1.165) is 22.4 Å². The van der Waals surface area contributed by atoms with Crippen molar-refractivity contribution in [1.29, 1.82) is 0 Å². The second-order valence-corrected chi connectivity index (χ2v) is 9.38. The van der Waals surface area contributed by atoms with E-state index in [1.54, 1.807) is 0 Å². The van der Waals surface area contributed by atoms with E-state index >= 15 is 0 Å². The minimum absolute atomic E-state index is 0. The Hall–Kier alpha value is -2.02. The van der Waals surface area contributed by atoms with Crippen LogP contribution in [-0.4, -0.2) is 9.52 Å². The molecule has 0 atom stereocenters. The van der Waals surface area contributed by atoms with Gasteiger partial charge in [0.1, 0.15) is 0 Å². The molecule has 0 unspecified atom stereocenters. The van der Waals surface area contributed by atoms with Gasteiger partial charge in [0, 0.05) is 9.52 Å². The van der Waals surface area contributed by atoms with Gasteiger partial charge in [0.15, 0.2) is 0 Å². The first-order valence-corrected chi connectivity index (χ1v) is 12.9. The number of hydrogen-bond donors (Lipinski definition) is 0. The van der Waals surface area contributed by atoms with Gasteiger partial charge in [-0.15, -0.1) is 34.4 Å². The Labute approximate surface area is 214 Å². The fraction of sp³-hybridized carbons (Fsp3) is 0.200. The average Bonchev–Trinajstić information content (AvgIpc) is 3.30. The van der Waals surface area contributed by atoms with Gasteiger partial charge in [-0.2, -0.15) is 35.4 Å². The Morgan fingerprint density at radius 1 is 0.594 bits per heavy atom. The summed E-state index contributed by atoms with van der Waals surface area (Å²) in [5, 5.41) is 5.30. The zero-order chi connectivity index (χ0) is 21.8. The molecule has 4 aromatic rings. The van der Waals surface area contributed by atoms with Gasteiger partial charge in [-0.25, -0.2) is 0 Å². The second-order valence-electron chi connectivity index (χ2n) is 8.38. The summed E-state index contributed by atoms with van der Waals surface area (Å²) in [6, 6.07) is 26.1. The number of hydrogen-bond acceptors (Lipinski definition) is 0. The number of allylic oxidation sites excluding steroid dienone is 2. The predicted molar refractivity (Wildman–Crippen MR) is 136 cm³/mol. The molecule has 32 heavy (non-hydrogen) atoms. The Bertz CT molecular complexity index is 1200. The molecule has 0 saturated carbocycles. The van der Waals surface area contributed by atoms with Gasteiger partial charge in [0.05, 0.1) is 0 Å². The van der Waals surface area contributed by atoms with E-state index in [4.69, 9.17) is 0 Å². The van der Waals surface area contributed by atoms with Crippen molar-refractivity contribution in [3.05, 3.63) is 118 Å². The van der Waals surface area contributed by atoms with E-state index in [-0.39, 0.29) is 26.2 Å². The third-order valence-electron chi connectivity index (χ3n) is 5.55. The summed E-state index contributed by atoms with van der Waals surface area (Å²) in [4.78, 5) is 0. The van der Waals surface area contributed by atoms with E-state index in [9.17, 15) is 0 Å². The summed E-state index contributed by atoms with van der Waals surface area (Å²) in [6.07, 6.45) is 8.95. The van der Waals surface area contributed by atoms with Crippen LogP contribution in [0, 0.1) is 12.2 Å². The molecule has 4 aromatic carbocycles. The van der Waals surface area contributed by atoms with Gasteiger partial charge < -0.3 is 0 Å². The Kier molecular flexibility index (Phi) is 8.63. The van der Waals surface area contributed by atoms with E-state index in [1.807, 2.05) is 0 Å². The maximum atomic E-state index is 3.41. The normalized spacial score (nSPS) is 13.0. The van der Waals surface area contributed by atoms with Gasteiger partial charge in [0.2, 0.25) is 0 Å². The topological polar surface area (TPSA) is 0 Å². The first-order chi connectivity index (χ1) is 15.1. The number of rotatable bonds is 0. The van der Waals surface area contributed by atoms with Gasteiger partial charge >= 0.3 is 26.2 Å². The fourth-order valence-corrected chi connectivity index (χ4v) is 4.22. The molecule has 0 N–H and O–H groups in total. The van der Waals surface area contributed by atoms with Crippen molar-refractivity contribution in [3.8, 4) is 0 Å². The first kappa shape index (κ1) is 24.6. The van der Waals surface area contributed by atoms with Crippen LogP contribution in [-0.2, 0) is 39.0 Å². The Morgan fingerprint density at radius 2 is 0.906 bits per heavy atom. The van der Waals surface area contributed by atoms with Crippen LogP contribution in [0.4, 0.5) is 0 Å². The van der Waals surface area contributed by atoms with Gasteiger partial charge in [-0.05, 0) is 10.8 Å². The molecule has 0 aliphatic heterocycles. The van der Waals surface area contributed by atoms with Crippen molar-refractivity contribution in [2.24, 2.45) is 0 Å². The molecule has 0 bridgehead atoms. The SMILES string of the molecule is CC1=[C-]c2cc3ccccc3cc2C1.CC1=[C-]c2cc3ccccc3cc2C1.C[Si]C.[Zr+2]. The summed E-state index contributed by atoms with van der Waals surface area (Å²) >= 11 is 0. The third kappa shape index (κ3) is 5.66. The van der Waals surface area contributed by atoms with Crippen LogP contribution in [0.2, 0.25) is 13.1 Å². The summed E-state index contributed by atoms with van der Waals surface area (Å²) in [5.74, 6) is 0. The standard InChI is InChI=1S/2C14H11.C2H6Si.Zr/c2*1-10-6-13-8-11-4-2-3-5-12(11)9-14(13)7-10;1-3-2;/h2*2-5,8-9H,6H2,1H3;1-2H3;/q2*-1;;+2. The molecule has 2 heteroatoms. The molecule has 0 heterocycles. The minimum atomic E-state index is 0. The fourth-order valence-electron chi connectivity index (χ4n) is 4.22. The molecule has 2 aliphatic carbocycles. The first-order valence-electron chi connectivity index (χ1n) is 10.9. The zero-order valence-corrected chi connectivity index (χ0v) is 22.8. The molecule has 0 aromatic heterocycles. The molecule has 0 nitrogen and oxygen atoms in total. The molecule has 156 valence electrons. The van der Waals surface area contributed by atoms with Crippen molar-refractivity contribution >= 4 is 31.1 Å². The molecule has 0 spiro atoms. The molecule has 0 amide bonds. The van der Waals surface area contributed by atoms with Crippen molar-refractivity contribution in [1.82, 2.24) is 0 Å². The molecule has 2 radical (unpaired) electrons. The largest absolute Gasteiger partial charge is 2.00 e. The Balaban J connectivity index is 0.000000157. The van der Waals surface area contributed by atoms with E-state index < -0.39 is 0 Å². The van der Waals surface area contributed by atoms with Gasteiger partial charge in [-0.3, -0.25) is 0 Å². The smallest absolute Gasteiger partial charge is 0.189 e. The van der Waals surface area contributed by atoms with Crippen molar-refractivity contribution in [2.45, 2.75) is 39.8 Å². The maximum Gasteiger partial charge on any atom is 2.00 e. The predicted octanol–water partition coefficient (Wildman–Crippen LogP) is 7.77. The maximum absolute atomic E-state index is 3.41. The quantitative estimate of drug-likeness (QED) is 0.168. The second kappa shape index (κ2) is 11.2. The average molecular weight is 508 g/mol. The molecule has 2 aliphatic rings. The van der Waals surface area contributed by atoms with Crippen molar-refractivity contribution in [2.75, 3.05) is 0 Å². The molecular weight excluding hydrogens is 480 g/mol. The van der Waals surface area contributed by atoms with E-state index in [1.165, 1.54) is 54.9 Å². The van der Waals surface area contributed by atoms with Gasteiger partial charge in [-0.1, -0.05) is 99.1 Å². The van der Waals surface area contributed by atoms with Crippen molar-refractivity contribution in [3.63, 3.8) is 0 Å². The van der Waals surface area contributed by atoms with Crippen LogP contribution in [0.25, 0.3) is 21.5 Å². The van der Waals surface area contributed by atoms with E-state index in [0.29, 0.717) is 0 Å². The molecule has 0 fully saturated rings. The summed E-state index contributed by atoms with van der Waals surface area (Å²) in [6.45, 7) is 8.59. The monoisotopic (exact) mass is 506 g/mol. The van der Waals surface area contributed by atoms with Crippen LogP contribution in [0.5, 0.6) is 0 Å². The summed E-state index contributed by atoms with van der Waals surface area (Å²) in [5.41, 5.74) is 8.08. The minimum Gasteiger partial charge on any atom is -0.189 e. The van der Waals surface area contributed by atoms with E-state index in [2.05, 4.69) is 112 Å². The van der Waals surface area contributed by atoms with Crippen LogP contribution in [0.3, 0.4) is 0 Å². The van der Waals surface area contributed by atoms with Gasteiger partial charge in [0.25, 0.3) is 0 Å². The molecule has 0 saturated heterocycles.